The van der Waals surface area contributed by atoms with E-state index in [2.05, 4.69) is 4.98 Å². The van der Waals surface area contributed by atoms with Crippen LogP contribution < -0.4 is 9.80 Å². The molecule has 7 nitrogen and oxygen atoms in total. The van der Waals surface area contributed by atoms with E-state index in [9.17, 15) is 9.59 Å². The number of carbonyl (C=O) groups excluding carboxylic acids is 2. The lowest BCUT2D eigenvalue weighted by Crippen LogP contribution is -2.63. The number of halogens is 1. The normalized spacial score (nSPS) is 20.3. The lowest BCUT2D eigenvalue weighted by atomic mass is 10.1. The van der Waals surface area contributed by atoms with Gasteiger partial charge in [-0.2, -0.15) is 0 Å². The van der Waals surface area contributed by atoms with E-state index in [1.54, 1.807) is 16.8 Å². The molecular weight excluding hydrogens is 344 g/mol. The second-order valence-corrected chi connectivity index (χ2v) is 7.83. The number of fused-ring (bicyclic) bond motifs is 3. The molecule has 1 aromatic rings. The Morgan fingerprint density at radius 1 is 1.36 bits per heavy atom. The fraction of sp³-hybridized carbons (Fsp3) is 0.588. The number of pyridine rings is 1. The fourth-order valence-corrected chi connectivity index (χ4v) is 3.24. The molecule has 2 aliphatic heterocycles. The molecule has 1 fully saturated rings. The van der Waals surface area contributed by atoms with Crippen molar-refractivity contribution in [2.45, 2.75) is 39.3 Å². The summed E-state index contributed by atoms with van der Waals surface area (Å²) >= 11 is 6.19. The molecule has 3 rings (SSSR count). The predicted octanol–water partition coefficient (Wildman–Crippen LogP) is 2.45. The third-order valence-corrected chi connectivity index (χ3v) is 4.78. The van der Waals surface area contributed by atoms with Crippen LogP contribution in [0.5, 0.6) is 0 Å². The molecule has 0 bridgehead atoms. The van der Waals surface area contributed by atoms with E-state index in [-0.39, 0.29) is 12.5 Å². The number of aryl methyl sites for hydroxylation is 1. The van der Waals surface area contributed by atoms with Crippen LogP contribution in [0.1, 0.15) is 26.3 Å². The van der Waals surface area contributed by atoms with Crippen molar-refractivity contribution in [3.05, 3.63) is 16.8 Å². The molecule has 0 spiro atoms. The first kappa shape index (κ1) is 17.8. The minimum Gasteiger partial charge on any atom is -0.444 e. The van der Waals surface area contributed by atoms with Crippen molar-refractivity contribution in [2.75, 3.05) is 36.5 Å². The number of carbonyl (C=O) groups is 2. The third kappa shape index (κ3) is 3.25. The maximum Gasteiger partial charge on any atom is 0.410 e. The van der Waals surface area contributed by atoms with Gasteiger partial charge in [-0.3, -0.25) is 4.79 Å². The molecule has 0 aliphatic carbocycles. The van der Waals surface area contributed by atoms with Crippen molar-refractivity contribution in [3.8, 4) is 0 Å². The molecule has 0 N–H and O–H groups in total. The molecule has 0 radical (unpaired) electrons. The number of rotatable bonds is 0. The van der Waals surface area contributed by atoms with E-state index in [1.165, 1.54) is 0 Å². The van der Waals surface area contributed by atoms with Crippen molar-refractivity contribution < 1.29 is 14.3 Å². The van der Waals surface area contributed by atoms with Crippen molar-refractivity contribution in [1.82, 2.24) is 9.88 Å². The van der Waals surface area contributed by atoms with Gasteiger partial charge in [0.05, 0.1) is 12.2 Å². The van der Waals surface area contributed by atoms with Gasteiger partial charge in [-0.25, -0.2) is 9.78 Å². The first-order chi connectivity index (χ1) is 11.6. The van der Waals surface area contributed by atoms with Gasteiger partial charge in [-0.15, -0.1) is 0 Å². The van der Waals surface area contributed by atoms with Crippen molar-refractivity contribution >= 4 is 35.1 Å². The van der Waals surface area contributed by atoms with E-state index in [0.717, 1.165) is 11.3 Å². The zero-order valence-electron chi connectivity index (χ0n) is 15.2. The summed E-state index contributed by atoms with van der Waals surface area (Å²) < 4.78 is 5.43. The third-order valence-electron chi connectivity index (χ3n) is 4.39. The maximum absolute atomic E-state index is 12.8. The molecule has 1 atom stereocenters. The van der Waals surface area contributed by atoms with Crippen LogP contribution in [0.2, 0.25) is 5.15 Å². The molecule has 1 saturated heterocycles. The number of hydrogen-bond donors (Lipinski definition) is 0. The Bertz CT molecular complexity index is 731. The number of nitrogens with zero attached hydrogens (tertiary/aromatic N) is 4. The molecule has 136 valence electrons. The zero-order chi connectivity index (χ0) is 18.5. The first-order valence-electron chi connectivity index (χ1n) is 8.28. The smallest absolute Gasteiger partial charge is 0.410 e. The van der Waals surface area contributed by atoms with Gasteiger partial charge in [-0.05, 0) is 39.3 Å². The highest BCUT2D eigenvalue weighted by molar-refractivity contribution is 6.30. The van der Waals surface area contributed by atoms with E-state index >= 15 is 0 Å². The van der Waals surface area contributed by atoms with Crippen LogP contribution in [0, 0.1) is 6.92 Å². The number of anilines is 2. The van der Waals surface area contributed by atoms with Crippen molar-refractivity contribution in [3.63, 3.8) is 0 Å². The highest BCUT2D eigenvalue weighted by Crippen LogP contribution is 2.37. The summed E-state index contributed by atoms with van der Waals surface area (Å²) in [6.45, 7) is 8.57. The molecule has 25 heavy (non-hydrogen) atoms. The van der Waals surface area contributed by atoms with E-state index in [4.69, 9.17) is 16.3 Å². The maximum atomic E-state index is 12.8. The van der Waals surface area contributed by atoms with Crippen LogP contribution in [-0.2, 0) is 9.53 Å². The summed E-state index contributed by atoms with van der Waals surface area (Å²) in [6.07, 6.45) is -0.400. The number of aromatic nitrogens is 1. The highest BCUT2D eigenvalue weighted by Gasteiger charge is 2.43. The van der Waals surface area contributed by atoms with Gasteiger partial charge in [0.2, 0.25) is 0 Å². The molecule has 2 amide bonds. The van der Waals surface area contributed by atoms with Crippen LogP contribution >= 0.6 is 11.6 Å². The predicted molar refractivity (Wildman–Crippen MR) is 96.3 cm³/mol. The zero-order valence-corrected chi connectivity index (χ0v) is 15.9. The molecule has 1 aromatic heterocycles. The lowest BCUT2D eigenvalue weighted by molar-refractivity contribution is -0.120. The van der Waals surface area contributed by atoms with Gasteiger partial charge in [0.25, 0.3) is 5.91 Å². The Kier molecular flexibility index (Phi) is 4.31. The standard InChI is InChI=1S/C17H23ClN4O3/c1-10-8-11-14(19-13(10)18)22-7-6-21(16(24)25-17(2,3)4)9-12(22)15(23)20(11)5/h8,12H,6-7,9H2,1-5H3. The molecule has 8 heteroatoms. The summed E-state index contributed by atoms with van der Waals surface area (Å²) in [6, 6.07) is 1.39. The highest BCUT2D eigenvalue weighted by atomic mass is 35.5. The van der Waals surface area contributed by atoms with E-state index < -0.39 is 17.7 Å². The Hall–Kier alpha value is -2.02. The number of likely N-dealkylation sites (N-methyl/N-ethyl adjacent to an activating group) is 1. The van der Waals surface area contributed by atoms with Crippen LogP contribution in [0.4, 0.5) is 16.3 Å². The van der Waals surface area contributed by atoms with E-state index in [1.807, 2.05) is 38.7 Å². The minimum absolute atomic E-state index is 0.0655. The minimum atomic E-state index is -0.569. The number of ether oxygens (including phenoxy) is 1. The Morgan fingerprint density at radius 2 is 2.04 bits per heavy atom. The second-order valence-electron chi connectivity index (χ2n) is 7.47. The van der Waals surface area contributed by atoms with Crippen LogP contribution in [0.3, 0.4) is 0 Å². The Balaban J connectivity index is 1.88. The molecule has 1 unspecified atom stereocenters. The van der Waals surface area contributed by atoms with Gasteiger partial charge >= 0.3 is 6.09 Å². The number of hydrogen-bond acceptors (Lipinski definition) is 5. The number of amides is 2. The molecule has 3 heterocycles. The van der Waals surface area contributed by atoms with Gasteiger partial charge < -0.3 is 19.4 Å². The lowest BCUT2D eigenvalue weighted by Gasteiger charge is -2.46. The number of piperazine rings is 1. The van der Waals surface area contributed by atoms with Gasteiger partial charge in [0.15, 0.2) is 5.82 Å². The summed E-state index contributed by atoms with van der Waals surface area (Å²) in [4.78, 5) is 34.7. The van der Waals surface area contributed by atoms with Crippen LogP contribution in [0.25, 0.3) is 0 Å². The fourth-order valence-electron chi connectivity index (χ4n) is 3.11. The summed E-state index contributed by atoms with van der Waals surface area (Å²) in [5.74, 6) is 0.621. The first-order valence-corrected chi connectivity index (χ1v) is 8.65. The molecular formula is C17H23ClN4O3. The quantitative estimate of drug-likeness (QED) is 0.660. The summed E-state index contributed by atoms with van der Waals surface area (Å²) in [5, 5.41) is 0.426. The van der Waals surface area contributed by atoms with Crippen LogP contribution in [-0.4, -0.2) is 60.2 Å². The molecule has 0 saturated carbocycles. The van der Waals surface area contributed by atoms with Crippen molar-refractivity contribution in [2.24, 2.45) is 0 Å². The largest absolute Gasteiger partial charge is 0.444 e. The van der Waals surface area contributed by atoms with Gasteiger partial charge in [0, 0.05) is 20.1 Å². The van der Waals surface area contributed by atoms with Gasteiger partial charge in [0.1, 0.15) is 16.8 Å². The van der Waals surface area contributed by atoms with E-state index in [0.29, 0.717) is 24.1 Å². The monoisotopic (exact) mass is 366 g/mol. The molecule has 0 aromatic carbocycles. The summed E-state index contributed by atoms with van der Waals surface area (Å²) in [7, 11) is 1.72. The van der Waals surface area contributed by atoms with Crippen LogP contribution in [0.15, 0.2) is 6.07 Å². The van der Waals surface area contributed by atoms with Gasteiger partial charge in [-0.1, -0.05) is 11.6 Å². The Morgan fingerprint density at radius 3 is 2.68 bits per heavy atom. The SMILES string of the molecule is Cc1cc2c(nc1Cl)N1CCN(C(=O)OC(C)(C)C)CC1C(=O)N2C. The summed E-state index contributed by atoms with van der Waals surface area (Å²) in [5.41, 5.74) is 1.00. The van der Waals surface area contributed by atoms with Crippen molar-refractivity contribution in [1.29, 1.82) is 0 Å². The average Bonchev–Trinajstić information content (AvgIpc) is 2.52. The average molecular weight is 367 g/mol. The second kappa shape index (κ2) is 6.05. The Labute approximate surface area is 152 Å². The topological polar surface area (TPSA) is 66.0 Å². The molecule has 2 aliphatic rings.